The first kappa shape index (κ1) is 21.8. The molecular weight excluding hydrogens is 400 g/mol. The minimum Gasteiger partial charge on any atom is -0.327 e. The second kappa shape index (κ2) is 7.93. The molecule has 0 spiro atoms. The van der Waals surface area contributed by atoms with Gasteiger partial charge in [-0.15, -0.1) is 0 Å². The van der Waals surface area contributed by atoms with E-state index in [1.54, 1.807) is 0 Å². The second-order valence-corrected chi connectivity index (χ2v) is 9.91. The summed E-state index contributed by atoms with van der Waals surface area (Å²) in [5.41, 5.74) is 3.93. The van der Waals surface area contributed by atoms with Gasteiger partial charge in [0.25, 0.3) is 5.91 Å². The van der Waals surface area contributed by atoms with Crippen molar-refractivity contribution >= 4 is 17.6 Å². The van der Waals surface area contributed by atoms with E-state index in [2.05, 4.69) is 36.3 Å². The van der Waals surface area contributed by atoms with Gasteiger partial charge in [0.1, 0.15) is 0 Å². The molecular formula is C26H30N4O2. The van der Waals surface area contributed by atoms with Crippen molar-refractivity contribution in [3.05, 3.63) is 82.5 Å². The SMILES string of the molecule is CC(C)(C)c1ccc(C(=O)Nc2n[nH]c3c2CN(C(=O)Cc2ccccc2)C3(C)C)cc1. The Hall–Kier alpha value is -3.41. The van der Waals surface area contributed by atoms with Crippen LogP contribution in [0, 0.1) is 0 Å². The summed E-state index contributed by atoms with van der Waals surface area (Å²) in [4.78, 5) is 27.8. The van der Waals surface area contributed by atoms with Crippen LogP contribution < -0.4 is 5.32 Å². The van der Waals surface area contributed by atoms with Crippen molar-refractivity contribution in [2.24, 2.45) is 0 Å². The van der Waals surface area contributed by atoms with Crippen LogP contribution in [0.1, 0.15) is 67.4 Å². The van der Waals surface area contributed by atoms with Gasteiger partial charge in [-0.25, -0.2) is 0 Å². The Kier molecular flexibility index (Phi) is 5.41. The zero-order chi connectivity index (χ0) is 23.1. The first-order valence-corrected chi connectivity index (χ1v) is 10.9. The number of aromatic amines is 1. The number of aromatic nitrogens is 2. The zero-order valence-corrected chi connectivity index (χ0v) is 19.3. The van der Waals surface area contributed by atoms with Crippen LogP contribution in [0.3, 0.4) is 0 Å². The first-order chi connectivity index (χ1) is 15.1. The summed E-state index contributed by atoms with van der Waals surface area (Å²) in [6.45, 7) is 10.8. The van der Waals surface area contributed by atoms with E-state index in [4.69, 9.17) is 0 Å². The molecule has 1 aliphatic rings. The number of anilines is 1. The summed E-state index contributed by atoms with van der Waals surface area (Å²) in [5, 5.41) is 10.3. The molecule has 2 aromatic carbocycles. The van der Waals surface area contributed by atoms with E-state index in [-0.39, 0.29) is 17.2 Å². The molecule has 0 bridgehead atoms. The summed E-state index contributed by atoms with van der Waals surface area (Å²) < 4.78 is 0. The lowest BCUT2D eigenvalue weighted by molar-refractivity contribution is -0.135. The summed E-state index contributed by atoms with van der Waals surface area (Å²) in [6, 6.07) is 17.4. The van der Waals surface area contributed by atoms with Gasteiger partial charge < -0.3 is 10.2 Å². The molecule has 6 heteroatoms. The number of rotatable bonds is 4. The fourth-order valence-electron chi connectivity index (χ4n) is 4.19. The second-order valence-electron chi connectivity index (χ2n) is 9.91. The number of nitrogens with one attached hydrogen (secondary N) is 2. The van der Waals surface area contributed by atoms with Gasteiger partial charge in [-0.2, -0.15) is 5.10 Å². The first-order valence-electron chi connectivity index (χ1n) is 10.9. The number of hydrogen-bond donors (Lipinski definition) is 2. The average Bonchev–Trinajstić information content (AvgIpc) is 3.26. The third kappa shape index (κ3) is 4.05. The molecule has 0 fully saturated rings. The quantitative estimate of drug-likeness (QED) is 0.625. The Morgan fingerprint density at radius 3 is 2.34 bits per heavy atom. The van der Waals surface area contributed by atoms with Crippen molar-refractivity contribution in [2.45, 2.75) is 58.5 Å². The summed E-state index contributed by atoms with van der Waals surface area (Å²) in [7, 11) is 0. The van der Waals surface area contributed by atoms with Gasteiger partial charge in [-0.1, -0.05) is 63.2 Å². The van der Waals surface area contributed by atoms with Crippen molar-refractivity contribution in [3.63, 3.8) is 0 Å². The number of hydrogen-bond acceptors (Lipinski definition) is 3. The van der Waals surface area contributed by atoms with Crippen LogP contribution in [0.5, 0.6) is 0 Å². The minimum absolute atomic E-state index is 0.0271. The van der Waals surface area contributed by atoms with Crippen LogP contribution in [0.2, 0.25) is 0 Å². The maximum Gasteiger partial charge on any atom is 0.256 e. The molecule has 3 aromatic rings. The third-order valence-electron chi connectivity index (χ3n) is 6.21. The fraction of sp³-hybridized carbons (Fsp3) is 0.346. The smallest absolute Gasteiger partial charge is 0.256 e. The number of nitrogens with zero attached hydrogens (tertiary/aromatic N) is 2. The molecule has 0 unspecified atom stereocenters. The normalized spacial score (nSPS) is 14.8. The molecule has 2 N–H and O–H groups in total. The molecule has 166 valence electrons. The van der Waals surface area contributed by atoms with Crippen molar-refractivity contribution < 1.29 is 9.59 Å². The van der Waals surface area contributed by atoms with Gasteiger partial charge in [0.15, 0.2) is 5.82 Å². The summed E-state index contributed by atoms with van der Waals surface area (Å²) in [6.07, 6.45) is 0.337. The van der Waals surface area contributed by atoms with E-state index in [1.165, 1.54) is 5.56 Å². The highest BCUT2D eigenvalue weighted by molar-refractivity contribution is 6.04. The van der Waals surface area contributed by atoms with Crippen molar-refractivity contribution in [1.82, 2.24) is 15.1 Å². The highest BCUT2D eigenvalue weighted by Crippen LogP contribution is 2.40. The third-order valence-corrected chi connectivity index (χ3v) is 6.21. The fourth-order valence-corrected chi connectivity index (χ4v) is 4.19. The van der Waals surface area contributed by atoms with Gasteiger partial charge in [0.05, 0.1) is 24.2 Å². The molecule has 4 rings (SSSR count). The molecule has 0 radical (unpaired) electrons. The molecule has 0 atom stereocenters. The van der Waals surface area contributed by atoms with Gasteiger partial charge in [0.2, 0.25) is 5.91 Å². The van der Waals surface area contributed by atoms with Gasteiger partial charge >= 0.3 is 0 Å². The molecule has 2 heterocycles. The summed E-state index contributed by atoms with van der Waals surface area (Å²) in [5.74, 6) is 0.306. The Morgan fingerprint density at radius 1 is 1.06 bits per heavy atom. The molecule has 1 aliphatic heterocycles. The van der Waals surface area contributed by atoms with E-state index in [1.807, 2.05) is 73.3 Å². The molecule has 32 heavy (non-hydrogen) atoms. The maximum atomic E-state index is 13.1. The van der Waals surface area contributed by atoms with Crippen LogP contribution in [0.25, 0.3) is 0 Å². The highest BCUT2D eigenvalue weighted by Gasteiger charge is 2.43. The Morgan fingerprint density at radius 2 is 1.72 bits per heavy atom. The zero-order valence-electron chi connectivity index (χ0n) is 19.3. The van der Waals surface area contributed by atoms with Gasteiger partial charge in [-0.3, -0.25) is 14.7 Å². The van der Waals surface area contributed by atoms with E-state index in [0.717, 1.165) is 16.8 Å². The monoisotopic (exact) mass is 430 g/mol. The molecule has 0 saturated carbocycles. The number of benzene rings is 2. The molecule has 2 amide bonds. The number of fused-ring (bicyclic) bond motifs is 1. The van der Waals surface area contributed by atoms with Crippen LogP contribution in [0.15, 0.2) is 54.6 Å². The molecule has 0 aliphatic carbocycles. The lowest BCUT2D eigenvalue weighted by Crippen LogP contribution is -2.41. The molecule has 0 saturated heterocycles. The van der Waals surface area contributed by atoms with Crippen LogP contribution in [0.4, 0.5) is 5.82 Å². The van der Waals surface area contributed by atoms with E-state index in [9.17, 15) is 9.59 Å². The van der Waals surface area contributed by atoms with Crippen molar-refractivity contribution in [2.75, 3.05) is 5.32 Å². The van der Waals surface area contributed by atoms with Crippen LogP contribution >= 0.6 is 0 Å². The highest BCUT2D eigenvalue weighted by atomic mass is 16.2. The predicted octanol–water partition coefficient (Wildman–Crippen LogP) is 4.78. The van der Waals surface area contributed by atoms with Gasteiger partial charge in [-0.05, 0) is 42.5 Å². The molecule has 1 aromatic heterocycles. The lowest BCUT2D eigenvalue weighted by atomic mass is 9.87. The Bertz CT molecular complexity index is 1140. The van der Waals surface area contributed by atoms with Gasteiger partial charge in [0, 0.05) is 11.1 Å². The lowest BCUT2D eigenvalue weighted by Gasteiger charge is -2.32. The van der Waals surface area contributed by atoms with Crippen molar-refractivity contribution in [3.8, 4) is 0 Å². The number of amides is 2. The standard InChI is InChI=1S/C26H30N4O2/c1-25(2,3)19-13-11-18(12-14-19)24(32)27-23-20-16-30(26(4,5)22(20)28-29-23)21(31)15-17-9-7-6-8-10-17/h6-14H,15-16H2,1-5H3,(H2,27,28,29,32). The Balaban J connectivity index is 1.51. The Labute approximate surface area is 189 Å². The topological polar surface area (TPSA) is 78.1 Å². The number of carbonyl (C=O) groups excluding carboxylic acids is 2. The number of H-pyrrole nitrogens is 1. The van der Waals surface area contributed by atoms with Crippen LogP contribution in [-0.2, 0) is 28.7 Å². The van der Waals surface area contributed by atoms with E-state index in [0.29, 0.717) is 24.3 Å². The largest absolute Gasteiger partial charge is 0.327 e. The van der Waals surface area contributed by atoms with E-state index < -0.39 is 5.54 Å². The predicted molar refractivity (Wildman–Crippen MR) is 125 cm³/mol. The number of carbonyl (C=O) groups is 2. The minimum atomic E-state index is -0.536. The van der Waals surface area contributed by atoms with Crippen LogP contribution in [-0.4, -0.2) is 26.9 Å². The van der Waals surface area contributed by atoms with E-state index >= 15 is 0 Å². The molecule has 6 nitrogen and oxygen atoms in total. The van der Waals surface area contributed by atoms with Crippen molar-refractivity contribution in [1.29, 1.82) is 0 Å². The summed E-state index contributed by atoms with van der Waals surface area (Å²) >= 11 is 0. The average molecular weight is 431 g/mol. The maximum absolute atomic E-state index is 13.1.